The molecular formula is C77H135NO10. The van der Waals surface area contributed by atoms with E-state index in [9.17, 15) is 35.1 Å². The molecule has 88 heavy (non-hydrogen) atoms. The molecule has 1 aliphatic heterocycles. The number of esters is 1. The molecule has 11 heteroatoms. The fraction of sp³-hybridized carbons (Fsp3) is 0.766. The van der Waals surface area contributed by atoms with Gasteiger partial charge in [0.2, 0.25) is 5.91 Å². The van der Waals surface area contributed by atoms with E-state index in [1.54, 1.807) is 6.08 Å². The van der Waals surface area contributed by atoms with Crippen LogP contribution in [-0.2, 0) is 23.8 Å². The Kier molecular flexibility index (Phi) is 59.8. The summed E-state index contributed by atoms with van der Waals surface area (Å²) in [4.78, 5) is 26.7. The topological polar surface area (TPSA) is 175 Å². The Hall–Kier alpha value is -3.42. The summed E-state index contributed by atoms with van der Waals surface area (Å²) in [5, 5.41) is 57.3. The van der Waals surface area contributed by atoms with Gasteiger partial charge in [0.15, 0.2) is 12.4 Å². The van der Waals surface area contributed by atoms with Crippen LogP contribution in [0.2, 0.25) is 0 Å². The van der Waals surface area contributed by atoms with E-state index >= 15 is 0 Å². The maximum atomic E-state index is 13.5. The van der Waals surface area contributed by atoms with Gasteiger partial charge in [-0.3, -0.25) is 9.59 Å². The van der Waals surface area contributed by atoms with Crippen molar-refractivity contribution in [1.29, 1.82) is 0 Å². The first kappa shape index (κ1) is 82.6. The number of aliphatic hydroxyl groups excluding tert-OH is 5. The summed E-state index contributed by atoms with van der Waals surface area (Å²) in [5.41, 5.74) is 0. The van der Waals surface area contributed by atoms with E-state index in [1.807, 2.05) is 6.08 Å². The third-order valence-electron chi connectivity index (χ3n) is 16.7. The molecule has 1 heterocycles. The molecule has 0 spiro atoms. The van der Waals surface area contributed by atoms with Gasteiger partial charge in [-0.15, -0.1) is 0 Å². The highest BCUT2D eigenvalue weighted by molar-refractivity contribution is 5.80. The first-order valence-electron chi connectivity index (χ1n) is 36.5. The molecule has 1 rings (SSSR count). The largest absolute Gasteiger partial charge is 0.454 e. The third-order valence-corrected chi connectivity index (χ3v) is 16.7. The first-order valence-corrected chi connectivity index (χ1v) is 36.5. The molecule has 0 aromatic carbocycles. The minimum absolute atomic E-state index is 0.0653. The Balaban J connectivity index is 2.58. The second-order valence-electron chi connectivity index (χ2n) is 24.9. The molecule has 1 saturated heterocycles. The van der Waals surface area contributed by atoms with Gasteiger partial charge in [0, 0.05) is 6.42 Å². The molecule has 6 N–H and O–H groups in total. The monoisotopic (exact) mass is 1230 g/mol. The predicted octanol–water partition coefficient (Wildman–Crippen LogP) is 19.0. The van der Waals surface area contributed by atoms with E-state index in [1.165, 1.54) is 180 Å². The Morgan fingerprint density at radius 3 is 1.24 bits per heavy atom. The van der Waals surface area contributed by atoms with E-state index in [4.69, 9.17) is 14.2 Å². The number of carbonyl (C=O) groups excluding carboxylic acids is 2. The normalized spacial score (nSPS) is 18.8. The van der Waals surface area contributed by atoms with Crippen molar-refractivity contribution < 1.29 is 49.3 Å². The summed E-state index contributed by atoms with van der Waals surface area (Å²) in [6, 6.07) is -1.04. The lowest BCUT2D eigenvalue weighted by molar-refractivity contribution is -0.305. The minimum Gasteiger partial charge on any atom is -0.454 e. The number of rotatable bonds is 62. The van der Waals surface area contributed by atoms with Crippen LogP contribution in [0.4, 0.5) is 0 Å². The van der Waals surface area contributed by atoms with Crippen molar-refractivity contribution in [2.24, 2.45) is 0 Å². The van der Waals surface area contributed by atoms with Gasteiger partial charge in [-0.05, 0) is 103 Å². The molecule has 0 radical (unpaired) electrons. The fourth-order valence-electron chi connectivity index (χ4n) is 11.0. The summed E-state index contributed by atoms with van der Waals surface area (Å²) in [6.07, 6.45) is 76.0. The van der Waals surface area contributed by atoms with Crippen LogP contribution in [0, 0.1) is 0 Å². The zero-order valence-corrected chi connectivity index (χ0v) is 56.6. The van der Waals surface area contributed by atoms with Crippen molar-refractivity contribution in [2.75, 3.05) is 13.2 Å². The van der Waals surface area contributed by atoms with Gasteiger partial charge in [0.25, 0.3) is 0 Å². The zero-order valence-electron chi connectivity index (χ0n) is 56.6. The van der Waals surface area contributed by atoms with Gasteiger partial charge < -0.3 is 45.1 Å². The smallest absolute Gasteiger partial charge is 0.306 e. The number of aliphatic hydroxyl groups is 5. The van der Waals surface area contributed by atoms with Crippen molar-refractivity contribution in [1.82, 2.24) is 5.32 Å². The summed E-state index contributed by atoms with van der Waals surface area (Å²) in [6.45, 7) is 5.68. The third kappa shape index (κ3) is 50.3. The number of carbonyl (C=O) groups is 2. The van der Waals surface area contributed by atoms with Crippen molar-refractivity contribution in [3.63, 3.8) is 0 Å². The van der Waals surface area contributed by atoms with Crippen LogP contribution in [0.3, 0.4) is 0 Å². The Morgan fingerprint density at radius 1 is 0.455 bits per heavy atom. The van der Waals surface area contributed by atoms with E-state index in [-0.39, 0.29) is 19.4 Å². The molecule has 1 aliphatic rings. The number of allylic oxidation sites excluding steroid dienone is 15. The van der Waals surface area contributed by atoms with Crippen LogP contribution in [-0.4, -0.2) is 99.6 Å². The fourth-order valence-corrected chi connectivity index (χ4v) is 11.0. The van der Waals surface area contributed by atoms with Gasteiger partial charge in [0.1, 0.15) is 24.4 Å². The molecule has 8 unspecified atom stereocenters. The van der Waals surface area contributed by atoms with Gasteiger partial charge >= 0.3 is 5.97 Å². The molecule has 8 atom stereocenters. The van der Waals surface area contributed by atoms with Crippen LogP contribution < -0.4 is 5.32 Å². The molecule has 508 valence electrons. The second kappa shape index (κ2) is 63.7. The standard InChI is InChI=1S/C77H135NO10/c1-4-7-10-13-16-19-22-25-27-29-31-33-34-35-36-37-39-40-42-44-46-49-52-55-58-61-64-70(81)76(85)78-68(69(80)63-60-57-54-51-48-24-21-18-15-12-9-6-3)67-86-77-75(74(84)73(83)71(66-79)87-77)88-72(82)65-62-59-56-53-50-47-45-43-41-38-32-30-28-26-23-20-17-14-11-8-5-2/h8,11,17,20,25-28,32,38,43,45,50,53,60,63,68-71,73-75,77,79-81,83-84H,4-7,9-10,12-16,18-19,21-24,29-31,33-37,39-42,44,46-49,51-52,54-59,61-62,64-67H2,1-3H3,(H,78,85)/b11-8-,20-17-,27-25+,28-26-,38-32-,45-43-,53-50-,63-60+. The SMILES string of the molecule is CC/C=C\C/C=C\C/C=C\C/C=C\C/C=C\C/C=C\CCCCC(=O)OC1C(OCC(NC(=O)C(O)CCCCCCCCCCCCCCCCCC/C=C/CCCCCCCC)C(O)/C=C/CCCCCCCCCCCC)OC(CO)C(O)C1O. The summed E-state index contributed by atoms with van der Waals surface area (Å²) < 4.78 is 17.7. The number of hydrogen-bond donors (Lipinski definition) is 6. The maximum absolute atomic E-state index is 13.5. The molecular weight excluding hydrogens is 1100 g/mol. The average molecular weight is 1230 g/mol. The van der Waals surface area contributed by atoms with Gasteiger partial charge in [0.05, 0.1) is 25.4 Å². The van der Waals surface area contributed by atoms with E-state index < -0.39 is 67.4 Å². The summed E-state index contributed by atoms with van der Waals surface area (Å²) in [5.74, 6) is -1.24. The Bertz CT molecular complexity index is 1800. The number of unbranched alkanes of at least 4 members (excludes halogenated alkanes) is 34. The number of hydrogen-bond acceptors (Lipinski definition) is 10. The highest BCUT2D eigenvalue weighted by Gasteiger charge is 2.47. The van der Waals surface area contributed by atoms with E-state index in [0.29, 0.717) is 12.8 Å². The second-order valence-corrected chi connectivity index (χ2v) is 24.9. The molecule has 11 nitrogen and oxygen atoms in total. The Morgan fingerprint density at radius 2 is 0.818 bits per heavy atom. The van der Waals surface area contributed by atoms with Crippen molar-refractivity contribution in [2.45, 2.75) is 365 Å². The van der Waals surface area contributed by atoms with E-state index in [0.717, 1.165) is 89.9 Å². The summed E-state index contributed by atoms with van der Waals surface area (Å²) in [7, 11) is 0. The quantitative estimate of drug-likeness (QED) is 0.0195. The minimum atomic E-state index is -1.64. The molecule has 0 bridgehead atoms. The first-order chi connectivity index (χ1) is 43.2. The van der Waals surface area contributed by atoms with Crippen LogP contribution in [0.15, 0.2) is 97.2 Å². The lowest BCUT2D eigenvalue weighted by atomic mass is 9.99. The molecule has 0 aromatic rings. The van der Waals surface area contributed by atoms with E-state index in [2.05, 4.69) is 111 Å². The highest BCUT2D eigenvalue weighted by atomic mass is 16.7. The van der Waals surface area contributed by atoms with Crippen LogP contribution in [0.5, 0.6) is 0 Å². The van der Waals surface area contributed by atoms with Crippen LogP contribution in [0.25, 0.3) is 0 Å². The predicted molar refractivity (Wildman–Crippen MR) is 370 cm³/mol. The Labute approximate surface area is 539 Å². The number of ether oxygens (including phenoxy) is 3. The molecule has 0 aliphatic carbocycles. The average Bonchev–Trinajstić information content (AvgIpc) is 1.36. The van der Waals surface area contributed by atoms with Crippen molar-refractivity contribution >= 4 is 11.9 Å². The lowest BCUT2D eigenvalue weighted by Crippen LogP contribution is -2.61. The summed E-state index contributed by atoms with van der Waals surface area (Å²) >= 11 is 0. The van der Waals surface area contributed by atoms with Crippen molar-refractivity contribution in [3.8, 4) is 0 Å². The van der Waals surface area contributed by atoms with Crippen molar-refractivity contribution in [3.05, 3.63) is 97.2 Å². The number of amides is 1. The molecule has 1 amide bonds. The van der Waals surface area contributed by atoms with Gasteiger partial charge in [-0.1, -0.05) is 304 Å². The van der Waals surface area contributed by atoms with Crippen LogP contribution >= 0.6 is 0 Å². The maximum Gasteiger partial charge on any atom is 0.306 e. The molecule has 0 saturated carbocycles. The molecule has 1 fully saturated rings. The van der Waals surface area contributed by atoms with Crippen LogP contribution in [0.1, 0.15) is 316 Å². The zero-order chi connectivity index (χ0) is 63.9. The van der Waals surface area contributed by atoms with Gasteiger partial charge in [-0.2, -0.15) is 0 Å². The lowest BCUT2D eigenvalue weighted by Gasteiger charge is -2.41. The van der Waals surface area contributed by atoms with Gasteiger partial charge in [-0.25, -0.2) is 0 Å². The number of nitrogens with one attached hydrogen (secondary N) is 1. The highest BCUT2D eigenvalue weighted by Crippen LogP contribution is 2.26. The molecule has 0 aromatic heterocycles.